The van der Waals surface area contributed by atoms with Crippen LogP contribution in [0.4, 0.5) is 0 Å². The van der Waals surface area contributed by atoms with Gasteiger partial charge in [0.1, 0.15) is 5.75 Å². The molecule has 0 spiro atoms. The average Bonchev–Trinajstić information content (AvgIpc) is 3.12. The number of hydrogen-bond donors (Lipinski definition) is 0. The van der Waals surface area contributed by atoms with Gasteiger partial charge in [0, 0.05) is 45.8 Å². The first-order valence-corrected chi connectivity index (χ1v) is 11.8. The van der Waals surface area contributed by atoms with Crippen LogP contribution < -0.4 is 4.74 Å². The number of likely N-dealkylation sites (tertiary alicyclic amines) is 2. The fraction of sp³-hybridized carbons (Fsp3) is 0.462. The Labute approximate surface area is 199 Å². The van der Waals surface area contributed by atoms with Gasteiger partial charge in [-0.2, -0.15) is 0 Å². The molecule has 180 valence electrons. The first-order chi connectivity index (χ1) is 16.5. The van der Waals surface area contributed by atoms with Crippen molar-refractivity contribution in [3.8, 4) is 5.75 Å². The molecule has 0 aliphatic carbocycles. The van der Waals surface area contributed by atoms with Gasteiger partial charge in [0.05, 0.1) is 24.3 Å². The minimum atomic E-state index is -1.18. The summed E-state index contributed by atoms with van der Waals surface area (Å²) < 4.78 is 11.1. The van der Waals surface area contributed by atoms with Gasteiger partial charge in [0.15, 0.2) is 0 Å². The maximum Gasteiger partial charge on any atom is 0.240 e. The normalized spacial score (nSPS) is 22.8. The van der Waals surface area contributed by atoms with E-state index in [1.165, 1.54) is 4.90 Å². The second-order valence-corrected chi connectivity index (χ2v) is 8.88. The second kappa shape index (κ2) is 10.8. The first-order valence-electron chi connectivity index (χ1n) is 11.8. The highest BCUT2D eigenvalue weighted by molar-refractivity contribution is 6.10. The number of rotatable bonds is 9. The zero-order chi connectivity index (χ0) is 24.0. The van der Waals surface area contributed by atoms with E-state index < -0.39 is 5.41 Å². The number of ether oxygens (including phenoxy) is 2. The molecule has 1 aromatic carbocycles. The van der Waals surface area contributed by atoms with Crippen LogP contribution in [0.5, 0.6) is 5.75 Å². The Morgan fingerprint density at radius 3 is 2.74 bits per heavy atom. The maximum absolute atomic E-state index is 13.7. The molecule has 0 N–H and O–H groups in total. The molecule has 2 atom stereocenters. The summed E-state index contributed by atoms with van der Waals surface area (Å²) in [5.41, 5.74) is -0.476. The van der Waals surface area contributed by atoms with Crippen LogP contribution in [0.3, 0.4) is 0 Å². The second-order valence-electron chi connectivity index (χ2n) is 8.88. The molecule has 2 saturated heterocycles. The SMILES string of the molecule is CO[C@H]1CCCN(C(=O)C[C@]2(c3ccccc3)CC(=O)N(CCCOc3cccnc3)C2=O)C1. The monoisotopic (exact) mass is 465 g/mol. The molecule has 0 radical (unpaired) electrons. The third-order valence-electron chi connectivity index (χ3n) is 6.68. The highest BCUT2D eigenvalue weighted by atomic mass is 16.5. The first kappa shape index (κ1) is 23.9. The maximum atomic E-state index is 13.7. The van der Waals surface area contributed by atoms with Gasteiger partial charge in [0.2, 0.25) is 17.7 Å². The van der Waals surface area contributed by atoms with Crippen molar-refractivity contribution in [2.24, 2.45) is 0 Å². The zero-order valence-corrected chi connectivity index (χ0v) is 19.5. The number of methoxy groups -OCH3 is 1. The van der Waals surface area contributed by atoms with Crippen molar-refractivity contribution in [1.29, 1.82) is 0 Å². The number of carbonyl (C=O) groups is 3. The van der Waals surface area contributed by atoms with Crippen LogP contribution >= 0.6 is 0 Å². The van der Waals surface area contributed by atoms with Gasteiger partial charge in [-0.3, -0.25) is 24.3 Å². The Morgan fingerprint density at radius 1 is 1.18 bits per heavy atom. The van der Waals surface area contributed by atoms with Crippen LogP contribution in [0, 0.1) is 0 Å². The van der Waals surface area contributed by atoms with Gasteiger partial charge in [-0.1, -0.05) is 30.3 Å². The van der Waals surface area contributed by atoms with E-state index in [1.54, 1.807) is 36.5 Å². The van der Waals surface area contributed by atoms with E-state index >= 15 is 0 Å². The Kier molecular flexibility index (Phi) is 7.57. The number of imide groups is 1. The molecule has 4 rings (SSSR count). The number of benzene rings is 1. The van der Waals surface area contributed by atoms with Crippen LogP contribution in [0.2, 0.25) is 0 Å². The average molecular weight is 466 g/mol. The van der Waals surface area contributed by atoms with E-state index in [0.717, 1.165) is 12.8 Å². The predicted molar refractivity (Wildman–Crippen MR) is 125 cm³/mol. The highest BCUT2D eigenvalue weighted by Crippen LogP contribution is 2.40. The third kappa shape index (κ3) is 5.12. The van der Waals surface area contributed by atoms with Crippen LogP contribution in [0.15, 0.2) is 54.9 Å². The molecule has 2 aliphatic heterocycles. The van der Waals surface area contributed by atoms with Gasteiger partial charge in [-0.25, -0.2) is 0 Å². The van der Waals surface area contributed by atoms with E-state index in [-0.39, 0.29) is 43.2 Å². The number of piperidine rings is 1. The molecule has 0 saturated carbocycles. The number of hydrogen-bond acceptors (Lipinski definition) is 6. The van der Waals surface area contributed by atoms with Crippen molar-refractivity contribution in [3.05, 3.63) is 60.4 Å². The molecule has 1 aromatic heterocycles. The summed E-state index contributed by atoms with van der Waals surface area (Å²) in [6, 6.07) is 12.8. The van der Waals surface area contributed by atoms with Crippen molar-refractivity contribution in [1.82, 2.24) is 14.8 Å². The molecular formula is C26H31N3O5. The molecule has 2 fully saturated rings. The van der Waals surface area contributed by atoms with Crippen molar-refractivity contribution in [2.75, 3.05) is 33.4 Å². The van der Waals surface area contributed by atoms with E-state index in [2.05, 4.69) is 4.98 Å². The highest BCUT2D eigenvalue weighted by Gasteiger charge is 2.54. The molecule has 0 unspecified atom stereocenters. The number of carbonyl (C=O) groups excluding carboxylic acids is 3. The Balaban J connectivity index is 1.47. The van der Waals surface area contributed by atoms with Crippen LogP contribution in [-0.2, 0) is 24.5 Å². The molecule has 2 aliphatic rings. The van der Waals surface area contributed by atoms with Crippen LogP contribution in [0.1, 0.15) is 37.7 Å². The topological polar surface area (TPSA) is 89.0 Å². The summed E-state index contributed by atoms with van der Waals surface area (Å²) in [4.78, 5) is 47.1. The third-order valence-corrected chi connectivity index (χ3v) is 6.68. The number of amides is 3. The van der Waals surface area contributed by atoms with E-state index in [1.807, 2.05) is 30.3 Å². The number of nitrogens with zero attached hydrogens (tertiary/aromatic N) is 3. The Bertz CT molecular complexity index is 1000. The van der Waals surface area contributed by atoms with Gasteiger partial charge in [-0.15, -0.1) is 0 Å². The van der Waals surface area contributed by atoms with Gasteiger partial charge in [0.25, 0.3) is 0 Å². The lowest BCUT2D eigenvalue weighted by Crippen LogP contribution is -2.47. The quantitative estimate of drug-likeness (QED) is 0.418. The van der Waals surface area contributed by atoms with E-state index in [0.29, 0.717) is 37.4 Å². The Morgan fingerprint density at radius 2 is 2.00 bits per heavy atom. The molecular weight excluding hydrogens is 434 g/mol. The fourth-order valence-corrected chi connectivity index (χ4v) is 4.82. The van der Waals surface area contributed by atoms with E-state index in [9.17, 15) is 14.4 Å². The molecule has 0 bridgehead atoms. The number of pyridine rings is 1. The fourth-order valence-electron chi connectivity index (χ4n) is 4.82. The van der Waals surface area contributed by atoms with Gasteiger partial charge in [-0.05, 0) is 37.0 Å². The summed E-state index contributed by atoms with van der Waals surface area (Å²) in [7, 11) is 1.65. The molecule has 3 heterocycles. The lowest BCUT2D eigenvalue weighted by atomic mass is 9.75. The molecule has 8 nitrogen and oxygen atoms in total. The van der Waals surface area contributed by atoms with Crippen molar-refractivity contribution in [3.63, 3.8) is 0 Å². The minimum Gasteiger partial charge on any atom is -0.492 e. The van der Waals surface area contributed by atoms with Crippen molar-refractivity contribution in [2.45, 2.75) is 43.6 Å². The summed E-state index contributed by atoms with van der Waals surface area (Å²) in [5.74, 6) is -0.0367. The van der Waals surface area contributed by atoms with E-state index in [4.69, 9.17) is 9.47 Å². The van der Waals surface area contributed by atoms with Gasteiger partial charge >= 0.3 is 0 Å². The summed E-state index contributed by atoms with van der Waals surface area (Å²) in [6.45, 7) is 1.75. The molecule has 8 heteroatoms. The lowest BCUT2D eigenvalue weighted by molar-refractivity contribution is -0.143. The van der Waals surface area contributed by atoms with Crippen molar-refractivity contribution >= 4 is 17.7 Å². The minimum absolute atomic E-state index is 0.00241. The molecule has 3 amide bonds. The van der Waals surface area contributed by atoms with Crippen LogP contribution in [0.25, 0.3) is 0 Å². The lowest BCUT2D eigenvalue weighted by Gasteiger charge is -2.35. The Hall–Kier alpha value is -3.26. The van der Waals surface area contributed by atoms with Crippen LogP contribution in [-0.4, -0.2) is 72.0 Å². The molecule has 34 heavy (non-hydrogen) atoms. The predicted octanol–water partition coefficient (Wildman–Crippen LogP) is 2.57. The summed E-state index contributed by atoms with van der Waals surface area (Å²) in [6.07, 6.45) is 5.52. The summed E-state index contributed by atoms with van der Waals surface area (Å²) in [5, 5.41) is 0. The largest absolute Gasteiger partial charge is 0.492 e. The standard InChI is InChI=1S/C26H31N3O5/c1-33-22-11-6-13-28(19-22)23(30)16-26(20-8-3-2-4-9-20)17-24(31)29(25(26)32)14-7-15-34-21-10-5-12-27-18-21/h2-5,8-10,12,18,22H,6-7,11,13-17,19H2,1H3/t22-,26+/m0/s1. The van der Waals surface area contributed by atoms with Crippen molar-refractivity contribution < 1.29 is 23.9 Å². The number of aromatic nitrogens is 1. The van der Waals surface area contributed by atoms with Gasteiger partial charge < -0.3 is 14.4 Å². The smallest absolute Gasteiger partial charge is 0.240 e. The zero-order valence-electron chi connectivity index (χ0n) is 19.5. The molecule has 2 aromatic rings. The summed E-state index contributed by atoms with van der Waals surface area (Å²) >= 11 is 0.